The number of aliphatic hydroxyl groups excluding tert-OH is 1. The molecule has 1 atom stereocenters. The highest BCUT2D eigenvalue weighted by Gasteiger charge is 2.33. The van der Waals surface area contributed by atoms with Crippen LogP contribution in [0, 0.1) is 0 Å². The van der Waals surface area contributed by atoms with Gasteiger partial charge in [-0.2, -0.15) is 0 Å². The molecule has 1 fully saturated rings. The molecule has 1 unspecified atom stereocenters. The zero-order chi connectivity index (χ0) is 11.4. The molecule has 15 heavy (non-hydrogen) atoms. The molecule has 86 valence electrons. The van der Waals surface area contributed by atoms with Crippen LogP contribution in [0.25, 0.3) is 0 Å². The quantitative estimate of drug-likeness (QED) is 0.598. The molecule has 3 N–H and O–H groups in total. The van der Waals surface area contributed by atoms with Crippen LogP contribution in [0.15, 0.2) is 0 Å². The average Bonchev–Trinajstić information content (AvgIpc) is 2.46. The molecular weight excluding hydrogens is 198 g/mol. The van der Waals surface area contributed by atoms with Gasteiger partial charge in [-0.1, -0.05) is 0 Å². The first kappa shape index (κ1) is 11.8. The number of nitrogens with zero attached hydrogens (tertiary/aromatic N) is 1. The van der Waals surface area contributed by atoms with Crippen LogP contribution in [-0.2, 0) is 4.79 Å². The third kappa shape index (κ3) is 3.09. The Labute approximate surface area is 88.6 Å². The summed E-state index contributed by atoms with van der Waals surface area (Å²) in [6, 6.07) is -0.555. The second-order valence-electron chi connectivity index (χ2n) is 3.88. The van der Waals surface area contributed by atoms with E-state index in [1.165, 1.54) is 5.01 Å². The van der Waals surface area contributed by atoms with E-state index < -0.39 is 0 Å². The standard InChI is InChI=1S/C9H17N3O3/c1-6(2)10-9(15)12-7(3-4-13)5-8(14)11-12/h6-7,13H,3-5H2,1-2H3,(H,10,15)(H,11,14). The zero-order valence-corrected chi connectivity index (χ0v) is 8.99. The Kier molecular flexibility index (Phi) is 3.90. The monoisotopic (exact) mass is 215 g/mol. The number of hydrogen-bond donors (Lipinski definition) is 3. The van der Waals surface area contributed by atoms with Crippen LogP contribution in [0.3, 0.4) is 0 Å². The molecule has 0 radical (unpaired) electrons. The molecule has 1 rings (SSSR count). The molecule has 6 heteroatoms. The number of hydrogen-bond acceptors (Lipinski definition) is 3. The first-order valence-electron chi connectivity index (χ1n) is 5.04. The molecule has 0 aromatic heterocycles. The maximum Gasteiger partial charge on any atom is 0.336 e. The minimum Gasteiger partial charge on any atom is -0.396 e. The van der Waals surface area contributed by atoms with E-state index in [9.17, 15) is 9.59 Å². The van der Waals surface area contributed by atoms with Crippen molar-refractivity contribution in [3.05, 3.63) is 0 Å². The highest BCUT2D eigenvalue weighted by atomic mass is 16.3. The van der Waals surface area contributed by atoms with Gasteiger partial charge in [0.2, 0.25) is 5.91 Å². The highest BCUT2D eigenvalue weighted by Crippen LogP contribution is 2.13. The van der Waals surface area contributed by atoms with Crippen LogP contribution in [0.1, 0.15) is 26.7 Å². The van der Waals surface area contributed by atoms with Gasteiger partial charge >= 0.3 is 6.03 Å². The van der Waals surface area contributed by atoms with Gasteiger partial charge in [-0.05, 0) is 20.3 Å². The zero-order valence-electron chi connectivity index (χ0n) is 8.99. The van der Waals surface area contributed by atoms with Crippen molar-refractivity contribution in [3.63, 3.8) is 0 Å². The second kappa shape index (κ2) is 4.97. The lowest BCUT2D eigenvalue weighted by molar-refractivity contribution is -0.120. The van der Waals surface area contributed by atoms with E-state index in [-0.39, 0.29) is 37.0 Å². The fraction of sp³-hybridized carbons (Fsp3) is 0.778. The van der Waals surface area contributed by atoms with Crippen molar-refractivity contribution < 1.29 is 14.7 Å². The normalized spacial score (nSPS) is 20.7. The number of urea groups is 1. The highest BCUT2D eigenvalue weighted by molar-refractivity contribution is 5.85. The van der Waals surface area contributed by atoms with Crippen molar-refractivity contribution in [2.75, 3.05) is 6.61 Å². The molecule has 0 spiro atoms. The number of carbonyl (C=O) groups is 2. The molecule has 0 aromatic rings. The van der Waals surface area contributed by atoms with E-state index in [0.29, 0.717) is 6.42 Å². The van der Waals surface area contributed by atoms with Crippen molar-refractivity contribution >= 4 is 11.9 Å². The molecule has 1 aliphatic rings. The third-order valence-corrected chi connectivity index (χ3v) is 2.12. The number of aliphatic hydroxyl groups is 1. The Bertz CT molecular complexity index is 255. The van der Waals surface area contributed by atoms with E-state index >= 15 is 0 Å². The maximum absolute atomic E-state index is 11.6. The summed E-state index contributed by atoms with van der Waals surface area (Å²) < 4.78 is 0. The van der Waals surface area contributed by atoms with Crippen molar-refractivity contribution in [3.8, 4) is 0 Å². The van der Waals surface area contributed by atoms with Crippen molar-refractivity contribution in [2.24, 2.45) is 0 Å². The van der Waals surface area contributed by atoms with E-state index in [2.05, 4.69) is 10.7 Å². The van der Waals surface area contributed by atoms with Gasteiger partial charge in [0.1, 0.15) is 0 Å². The SMILES string of the molecule is CC(C)NC(=O)N1NC(=O)CC1CCO. The van der Waals surface area contributed by atoms with E-state index in [0.717, 1.165) is 0 Å². The smallest absolute Gasteiger partial charge is 0.336 e. The van der Waals surface area contributed by atoms with Gasteiger partial charge in [-0.25, -0.2) is 9.80 Å². The summed E-state index contributed by atoms with van der Waals surface area (Å²) in [6.07, 6.45) is 0.663. The first-order valence-corrected chi connectivity index (χ1v) is 5.04. The average molecular weight is 215 g/mol. The molecule has 1 saturated heterocycles. The van der Waals surface area contributed by atoms with Crippen LogP contribution in [0.2, 0.25) is 0 Å². The summed E-state index contributed by atoms with van der Waals surface area (Å²) in [4.78, 5) is 22.7. The molecule has 3 amide bonds. The first-order chi connectivity index (χ1) is 7.04. The van der Waals surface area contributed by atoms with Gasteiger partial charge < -0.3 is 10.4 Å². The fourth-order valence-electron chi connectivity index (χ4n) is 1.49. The predicted molar refractivity (Wildman–Crippen MR) is 53.8 cm³/mol. The third-order valence-electron chi connectivity index (χ3n) is 2.12. The van der Waals surface area contributed by atoms with Crippen molar-refractivity contribution in [1.29, 1.82) is 0 Å². The number of carbonyl (C=O) groups excluding carboxylic acids is 2. The van der Waals surface area contributed by atoms with E-state index in [4.69, 9.17) is 5.11 Å². The van der Waals surface area contributed by atoms with Crippen molar-refractivity contribution in [2.45, 2.75) is 38.8 Å². The number of hydrazine groups is 1. The Morgan fingerprint density at radius 1 is 1.73 bits per heavy atom. The number of nitrogens with one attached hydrogen (secondary N) is 2. The molecular formula is C9H17N3O3. The maximum atomic E-state index is 11.6. The Balaban J connectivity index is 2.57. The lowest BCUT2D eigenvalue weighted by atomic mass is 10.1. The number of rotatable bonds is 3. The molecule has 0 bridgehead atoms. The molecule has 0 aromatic carbocycles. The Morgan fingerprint density at radius 3 is 2.93 bits per heavy atom. The summed E-state index contributed by atoms with van der Waals surface area (Å²) >= 11 is 0. The molecule has 0 saturated carbocycles. The predicted octanol–water partition coefficient (Wildman–Crippen LogP) is -0.408. The van der Waals surface area contributed by atoms with Crippen LogP contribution >= 0.6 is 0 Å². The van der Waals surface area contributed by atoms with Gasteiger partial charge in [0.25, 0.3) is 0 Å². The van der Waals surface area contributed by atoms with Gasteiger partial charge in [0, 0.05) is 12.6 Å². The molecule has 0 aliphatic carbocycles. The number of amides is 3. The van der Waals surface area contributed by atoms with Gasteiger partial charge in [-0.15, -0.1) is 0 Å². The van der Waals surface area contributed by atoms with Crippen LogP contribution in [0.4, 0.5) is 4.79 Å². The van der Waals surface area contributed by atoms with Crippen LogP contribution < -0.4 is 10.7 Å². The Morgan fingerprint density at radius 2 is 2.40 bits per heavy atom. The van der Waals surface area contributed by atoms with Gasteiger partial charge in [-0.3, -0.25) is 10.2 Å². The van der Waals surface area contributed by atoms with Gasteiger partial charge in [0.05, 0.1) is 12.5 Å². The summed E-state index contributed by atoms with van der Waals surface area (Å²) in [7, 11) is 0. The van der Waals surface area contributed by atoms with Crippen LogP contribution in [0.5, 0.6) is 0 Å². The summed E-state index contributed by atoms with van der Waals surface area (Å²) in [5.74, 6) is -0.188. The summed E-state index contributed by atoms with van der Waals surface area (Å²) in [5.41, 5.74) is 2.47. The molecule has 6 nitrogen and oxygen atoms in total. The van der Waals surface area contributed by atoms with Crippen LogP contribution in [-0.4, -0.2) is 40.7 Å². The Hall–Kier alpha value is -1.30. The summed E-state index contributed by atoms with van der Waals surface area (Å²) in [6.45, 7) is 3.65. The fourth-order valence-corrected chi connectivity index (χ4v) is 1.49. The lowest BCUT2D eigenvalue weighted by Crippen LogP contribution is -2.50. The van der Waals surface area contributed by atoms with E-state index in [1.807, 2.05) is 13.8 Å². The molecule has 1 heterocycles. The van der Waals surface area contributed by atoms with E-state index in [1.54, 1.807) is 0 Å². The lowest BCUT2D eigenvalue weighted by Gasteiger charge is -2.24. The molecule has 1 aliphatic heterocycles. The second-order valence-corrected chi connectivity index (χ2v) is 3.88. The minimum absolute atomic E-state index is 0.0183. The summed E-state index contributed by atoms with van der Waals surface area (Å²) in [5, 5.41) is 12.7. The van der Waals surface area contributed by atoms with Crippen molar-refractivity contribution in [1.82, 2.24) is 15.8 Å². The topological polar surface area (TPSA) is 81.7 Å². The minimum atomic E-state index is -0.325. The largest absolute Gasteiger partial charge is 0.396 e. The van der Waals surface area contributed by atoms with Gasteiger partial charge in [0.15, 0.2) is 0 Å².